The molecule has 2 nitrogen and oxygen atoms in total. The molecule has 1 rings (SSSR count). The third-order valence-electron chi connectivity index (χ3n) is 1.62. The van der Waals surface area contributed by atoms with E-state index >= 15 is 0 Å². The van der Waals surface area contributed by atoms with Gasteiger partial charge in [0.25, 0.3) is 0 Å². The number of hydrogen-bond acceptors (Lipinski definition) is 2. The second-order valence-corrected chi connectivity index (χ2v) is 2.55. The molecule has 0 aromatic heterocycles. The van der Waals surface area contributed by atoms with Crippen LogP contribution < -0.4 is 10.2 Å². The molecule has 0 aliphatic rings. The minimum Gasteiger partial charge on any atom is -0.493 e. The van der Waals surface area contributed by atoms with Crippen LogP contribution >= 0.6 is 0 Å². The van der Waals surface area contributed by atoms with E-state index in [9.17, 15) is 18.0 Å². The van der Waals surface area contributed by atoms with E-state index in [0.29, 0.717) is 0 Å². The highest BCUT2D eigenvalue weighted by Gasteiger charge is 2.29. The van der Waals surface area contributed by atoms with Gasteiger partial charge in [-0.1, -0.05) is 0 Å². The van der Waals surface area contributed by atoms with Crippen molar-refractivity contribution in [2.24, 2.45) is 0 Å². The third kappa shape index (κ3) is 2.25. The van der Waals surface area contributed by atoms with E-state index in [-0.39, 0.29) is 5.75 Å². The van der Waals surface area contributed by atoms with Crippen molar-refractivity contribution in [1.29, 1.82) is 0 Å². The fourth-order valence-electron chi connectivity index (χ4n) is 0.908. The fourth-order valence-corrected chi connectivity index (χ4v) is 0.908. The highest BCUT2D eigenvalue weighted by molar-refractivity contribution is 5.26. The lowest BCUT2D eigenvalue weighted by Crippen LogP contribution is -2.03. The first-order valence-corrected chi connectivity index (χ1v) is 3.70. The molecule has 0 radical (unpaired) electrons. The highest BCUT2D eigenvalue weighted by atomic mass is 19.4. The minimum atomic E-state index is -4.45. The maximum Gasteiger partial charge on any atom is 0.416 e. The molecule has 0 fully saturated rings. The molecular formula is C9H7F3O2. The van der Waals surface area contributed by atoms with E-state index in [4.69, 9.17) is 0 Å². The van der Waals surface area contributed by atoms with Crippen LogP contribution in [0.15, 0.2) is 29.1 Å². The van der Waals surface area contributed by atoms with Crippen LogP contribution in [0.25, 0.3) is 0 Å². The summed E-state index contributed by atoms with van der Waals surface area (Å²) in [5.74, 6) is -0.111. The van der Waals surface area contributed by atoms with Gasteiger partial charge in [-0.2, -0.15) is 13.2 Å². The molecule has 5 heteroatoms. The van der Waals surface area contributed by atoms with E-state index in [1.54, 1.807) is 0 Å². The van der Waals surface area contributed by atoms with Crippen molar-refractivity contribution in [1.82, 2.24) is 0 Å². The molecule has 76 valence electrons. The minimum absolute atomic E-state index is 0.111. The molecule has 0 aliphatic heterocycles. The van der Waals surface area contributed by atoms with Gasteiger partial charge in [-0.25, -0.2) is 0 Å². The molecule has 0 heterocycles. The average molecular weight is 204 g/mol. The Balaban J connectivity index is 3.30. The van der Waals surface area contributed by atoms with Gasteiger partial charge < -0.3 is 4.74 Å². The standard InChI is InChI=1S/C9H7F3O2/c1-14-8-5-3-6(9(10,11)12)2-4-7(8)13/h2-5H,1H3. The Kier molecular flexibility index (Phi) is 2.78. The van der Waals surface area contributed by atoms with Crippen LogP contribution in [0.3, 0.4) is 0 Å². The summed E-state index contributed by atoms with van der Waals surface area (Å²) in [6.07, 6.45) is -4.45. The number of rotatable bonds is 1. The lowest BCUT2D eigenvalue weighted by molar-refractivity contribution is -0.137. The molecule has 14 heavy (non-hydrogen) atoms. The molecule has 1 aromatic rings. The van der Waals surface area contributed by atoms with Gasteiger partial charge in [0.15, 0.2) is 5.75 Å². The summed E-state index contributed by atoms with van der Waals surface area (Å²) in [6, 6.07) is 3.37. The molecule has 0 bridgehead atoms. The van der Waals surface area contributed by atoms with Gasteiger partial charge in [0, 0.05) is 0 Å². The monoisotopic (exact) mass is 204 g/mol. The lowest BCUT2D eigenvalue weighted by atomic mass is 10.3. The van der Waals surface area contributed by atoms with Gasteiger partial charge >= 0.3 is 6.18 Å². The zero-order valence-electron chi connectivity index (χ0n) is 7.26. The highest BCUT2D eigenvalue weighted by Crippen LogP contribution is 2.28. The van der Waals surface area contributed by atoms with Crippen LogP contribution in [0, 0.1) is 0 Å². The van der Waals surface area contributed by atoms with Crippen molar-refractivity contribution in [3.63, 3.8) is 0 Å². The smallest absolute Gasteiger partial charge is 0.416 e. The van der Waals surface area contributed by atoms with Crippen LogP contribution in [0.4, 0.5) is 13.2 Å². The molecule has 0 spiro atoms. The first-order valence-electron chi connectivity index (χ1n) is 3.70. The van der Waals surface area contributed by atoms with E-state index in [1.807, 2.05) is 0 Å². The Morgan fingerprint density at radius 1 is 1.14 bits per heavy atom. The summed E-state index contributed by atoms with van der Waals surface area (Å²) in [5, 5.41) is 0. The Morgan fingerprint density at radius 2 is 1.71 bits per heavy atom. The van der Waals surface area contributed by atoms with Crippen LogP contribution in [0.2, 0.25) is 0 Å². The van der Waals surface area contributed by atoms with Crippen LogP contribution in [-0.2, 0) is 6.18 Å². The fraction of sp³-hybridized carbons (Fsp3) is 0.222. The summed E-state index contributed by atoms with van der Waals surface area (Å²) in [4.78, 5) is 11.0. The van der Waals surface area contributed by atoms with E-state index in [0.717, 1.165) is 24.3 Å². The second kappa shape index (κ2) is 3.69. The van der Waals surface area contributed by atoms with Crippen molar-refractivity contribution < 1.29 is 17.9 Å². The van der Waals surface area contributed by atoms with Crippen molar-refractivity contribution in [3.05, 3.63) is 40.1 Å². The molecule has 0 N–H and O–H groups in total. The molecule has 0 unspecified atom stereocenters. The number of alkyl halides is 3. The first kappa shape index (κ1) is 10.6. The van der Waals surface area contributed by atoms with Gasteiger partial charge in [-0.15, -0.1) is 0 Å². The zero-order chi connectivity index (χ0) is 10.8. The summed E-state index contributed by atoms with van der Waals surface area (Å²) in [6.45, 7) is 0. The predicted molar refractivity (Wildman–Crippen MR) is 44.3 cm³/mol. The van der Waals surface area contributed by atoms with Gasteiger partial charge in [0.1, 0.15) is 0 Å². The topological polar surface area (TPSA) is 26.3 Å². The molecule has 1 aromatic carbocycles. The average Bonchev–Trinajstić information content (AvgIpc) is 2.25. The second-order valence-electron chi connectivity index (χ2n) is 2.55. The Labute approximate surface area is 77.9 Å². The molecule has 0 amide bonds. The van der Waals surface area contributed by atoms with Crippen molar-refractivity contribution in [3.8, 4) is 5.75 Å². The molecule has 0 saturated heterocycles. The van der Waals surface area contributed by atoms with Crippen LogP contribution in [0.5, 0.6) is 5.75 Å². The van der Waals surface area contributed by atoms with Crippen molar-refractivity contribution in [2.45, 2.75) is 6.18 Å². The quantitative estimate of drug-likeness (QED) is 0.700. The lowest BCUT2D eigenvalue weighted by Gasteiger charge is -2.02. The Hall–Kier alpha value is -1.52. The zero-order valence-corrected chi connectivity index (χ0v) is 7.26. The summed E-state index contributed by atoms with van der Waals surface area (Å²) < 4.78 is 41.1. The first-order chi connectivity index (χ1) is 6.45. The van der Waals surface area contributed by atoms with Crippen LogP contribution in [-0.4, -0.2) is 7.11 Å². The largest absolute Gasteiger partial charge is 0.493 e. The summed E-state index contributed by atoms with van der Waals surface area (Å²) in [7, 11) is 1.23. The van der Waals surface area contributed by atoms with Crippen molar-refractivity contribution >= 4 is 0 Å². The van der Waals surface area contributed by atoms with E-state index < -0.39 is 17.2 Å². The van der Waals surface area contributed by atoms with Gasteiger partial charge in [0.05, 0.1) is 12.7 Å². The number of halogens is 3. The SMILES string of the molecule is COc1ccc(C(F)(F)F)ccc1=O. The molecule has 0 saturated carbocycles. The van der Waals surface area contributed by atoms with Gasteiger partial charge in [0.2, 0.25) is 5.43 Å². The molecule has 0 atom stereocenters. The number of ether oxygens (including phenoxy) is 1. The molecule has 0 aliphatic carbocycles. The maximum atomic E-state index is 12.2. The van der Waals surface area contributed by atoms with Gasteiger partial charge in [-0.3, -0.25) is 4.79 Å². The summed E-state index contributed by atoms with van der Waals surface area (Å²) in [5.41, 5.74) is -1.46. The normalized spacial score (nSPS) is 11.1. The predicted octanol–water partition coefficient (Wildman–Crippen LogP) is 2.07. The number of hydrogen-bond donors (Lipinski definition) is 0. The van der Waals surface area contributed by atoms with Crippen molar-refractivity contribution in [2.75, 3.05) is 7.11 Å². The third-order valence-corrected chi connectivity index (χ3v) is 1.62. The Morgan fingerprint density at radius 3 is 2.21 bits per heavy atom. The maximum absolute atomic E-state index is 12.2. The van der Waals surface area contributed by atoms with E-state index in [2.05, 4.69) is 4.74 Å². The van der Waals surface area contributed by atoms with Crippen LogP contribution in [0.1, 0.15) is 5.56 Å². The summed E-state index contributed by atoms with van der Waals surface area (Å²) >= 11 is 0. The van der Waals surface area contributed by atoms with Gasteiger partial charge in [-0.05, 0) is 24.3 Å². The Bertz CT molecular complexity index is 385. The van der Waals surface area contributed by atoms with E-state index in [1.165, 1.54) is 7.11 Å². The number of methoxy groups -OCH3 is 1. The molecular weight excluding hydrogens is 197 g/mol.